The van der Waals surface area contributed by atoms with Gasteiger partial charge in [-0.15, -0.1) is 0 Å². The lowest BCUT2D eigenvalue weighted by atomic mass is 10.1. The molecule has 21 heavy (non-hydrogen) atoms. The van der Waals surface area contributed by atoms with Crippen molar-refractivity contribution in [1.29, 1.82) is 0 Å². The van der Waals surface area contributed by atoms with Crippen LogP contribution in [0.15, 0.2) is 0 Å². The van der Waals surface area contributed by atoms with Gasteiger partial charge in [0.15, 0.2) is 6.10 Å². The van der Waals surface area contributed by atoms with Crippen molar-refractivity contribution in [1.82, 2.24) is 5.48 Å². The van der Waals surface area contributed by atoms with Gasteiger partial charge in [0.2, 0.25) is 0 Å². The lowest BCUT2D eigenvalue weighted by Crippen LogP contribution is -3.00. The third-order valence-corrected chi connectivity index (χ3v) is 3.78. The molecule has 0 aromatic heterocycles. The van der Waals surface area contributed by atoms with Crippen LogP contribution < -0.4 is 17.9 Å². The summed E-state index contributed by atoms with van der Waals surface area (Å²) in [6.07, 6.45) is 6.09. The molecule has 2 N–H and O–H groups in total. The first kappa shape index (κ1) is 24.8. The van der Waals surface area contributed by atoms with E-state index in [0.717, 1.165) is 43.7 Å². The number of unbranched alkanes of at least 4 members (excludes halogenated alkanes) is 3. The molecule has 1 saturated heterocycles. The van der Waals surface area contributed by atoms with Crippen molar-refractivity contribution < 1.29 is 26.8 Å². The second kappa shape index (κ2) is 16.4. The first-order valence-corrected chi connectivity index (χ1v) is 14.0. The Labute approximate surface area is 160 Å². The number of nitrogens with zero attached hydrogens (tertiary/aromatic N) is 1. The van der Waals surface area contributed by atoms with E-state index < -0.39 is 0 Å². The minimum absolute atomic E-state index is 0. The zero-order chi connectivity index (χ0) is 15.3. The molecule has 7 heteroatoms. The third-order valence-electron chi connectivity index (χ3n) is 3.78. The van der Waals surface area contributed by atoms with Gasteiger partial charge in [-0.3, -0.25) is 0 Å². The van der Waals surface area contributed by atoms with Gasteiger partial charge < -0.3 is 26.8 Å². The van der Waals surface area contributed by atoms with Gasteiger partial charge in [0.25, 0.3) is 0 Å². The van der Waals surface area contributed by atoms with E-state index in [1.807, 2.05) is 0 Å². The fourth-order valence-corrected chi connectivity index (χ4v) is 2.82. The summed E-state index contributed by atoms with van der Waals surface area (Å²) in [5.41, 5.74) is 3.06. The van der Waals surface area contributed by atoms with E-state index in [2.05, 4.69) is 56.6 Å². The van der Waals surface area contributed by atoms with E-state index in [0.29, 0.717) is 0 Å². The minimum Gasteiger partial charge on any atom is -1.00 e. The van der Waals surface area contributed by atoms with Crippen LogP contribution in [0.25, 0.3) is 0 Å². The van der Waals surface area contributed by atoms with Crippen molar-refractivity contribution >= 4 is 37.2 Å². The molecule has 1 rings (SSSR count). The first-order valence-electron chi connectivity index (χ1n) is 7.74. The maximum absolute atomic E-state index is 9.47. The van der Waals surface area contributed by atoms with Crippen LogP contribution in [0.5, 0.6) is 0 Å². The Bertz CT molecular complexity index is 216. The molecule has 0 bridgehead atoms. The predicted molar refractivity (Wildman–Crippen MR) is 102 cm³/mol. The van der Waals surface area contributed by atoms with E-state index in [1.54, 1.807) is 0 Å². The van der Waals surface area contributed by atoms with Crippen molar-refractivity contribution in [2.45, 2.75) is 52.1 Å². The number of hydrogen-bond donors (Lipinski definition) is 2. The van der Waals surface area contributed by atoms with Gasteiger partial charge >= 0.3 is 0 Å². The summed E-state index contributed by atoms with van der Waals surface area (Å²) < 4.78 is 1.06. The summed E-state index contributed by atoms with van der Waals surface area (Å²) in [4.78, 5) is 5.43. The van der Waals surface area contributed by atoms with Crippen LogP contribution in [-0.2, 0) is 4.84 Å². The molecule has 0 radical (unpaired) electrons. The second-order valence-corrected chi connectivity index (χ2v) is 5.61. The normalized spacial score (nSPS) is 23.6. The average molecular weight is 549 g/mol. The fourth-order valence-electron chi connectivity index (χ4n) is 2.82. The van der Waals surface area contributed by atoms with Gasteiger partial charge in [0.05, 0.1) is 26.2 Å². The monoisotopic (exact) mass is 548 g/mol. The Morgan fingerprint density at radius 3 is 2.29 bits per heavy atom. The summed E-state index contributed by atoms with van der Waals surface area (Å²) in [6.45, 7) is 10.2. The molecule has 1 heterocycles. The highest BCUT2D eigenvalue weighted by Crippen LogP contribution is 2.20. The minimum atomic E-state index is -0.0773. The zero-order valence-electron chi connectivity index (χ0n) is 13.3. The molecule has 0 aromatic carbocycles. The van der Waals surface area contributed by atoms with E-state index in [1.165, 1.54) is 32.2 Å². The van der Waals surface area contributed by atoms with Gasteiger partial charge in [0.1, 0.15) is 13.1 Å². The molecule has 0 atom stereocenters. The maximum Gasteiger partial charge on any atom is 0.152 e. The second-order valence-electron chi connectivity index (χ2n) is 5.61. The molecule has 0 aromatic rings. The lowest BCUT2D eigenvalue weighted by Gasteiger charge is -2.48. The number of aliphatic hydroxyl groups is 1. The molecular weight excluding hydrogens is 517 g/mol. The molecular formula is C14H31ClI2N2O2. The van der Waals surface area contributed by atoms with Gasteiger partial charge in [-0.25, -0.2) is 0 Å². The van der Waals surface area contributed by atoms with E-state index in [-0.39, 0.29) is 18.5 Å². The Hall–Kier alpha value is 1.59. The number of hydroxylamine groups is 1. The molecule has 1 aliphatic rings. The summed E-state index contributed by atoms with van der Waals surface area (Å²) in [6, 6.07) is 0. The summed E-state index contributed by atoms with van der Waals surface area (Å²) in [5, 5.41) is 9.47. The lowest BCUT2D eigenvalue weighted by molar-refractivity contribution is -0.971. The van der Waals surface area contributed by atoms with Gasteiger partial charge in [-0.2, -0.15) is 5.48 Å². The first-order chi connectivity index (χ1) is 9.72. The number of nitrogens with one attached hydrogen (secondary N) is 1. The van der Waals surface area contributed by atoms with E-state index >= 15 is 0 Å². The average Bonchev–Trinajstić information content (AvgIpc) is 2.43. The highest BCUT2D eigenvalue weighted by molar-refractivity contribution is 15.0. The molecule has 130 valence electrons. The predicted octanol–water partition coefficient (Wildman–Crippen LogP) is 0.465. The molecule has 0 spiro atoms. The van der Waals surface area contributed by atoms with Gasteiger partial charge in [-0.05, 0) is 12.8 Å². The van der Waals surface area contributed by atoms with Crippen LogP contribution in [0.1, 0.15) is 46.0 Å². The number of halogens is 3. The summed E-state index contributed by atoms with van der Waals surface area (Å²) >= 11 is 4.24. The zero-order valence-corrected chi connectivity index (χ0v) is 18.4. The standard InChI is InChI=1S/C14H31N2O2.ClH.I2/c1-3-5-6-7-11-18-15-8-10-16(9-4-2)12-14(17)13-16;;1-2/h14-15,17H,3-13H2,1-2H3;1H;/q+1;;/p-1. The van der Waals surface area contributed by atoms with Crippen LogP contribution in [0.3, 0.4) is 0 Å². The number of quaternary nitrogens is 1. The quantitative estimate of drug-likeness (QED) is 0.171. The van der Waals surface area contributed by atoms with Crippen LogP contribution in [0, 0.1) is 0 Å². The highest BCUT2D eigenvalue weighted by atomic mass is 128. The smallest absolute Gasteiger partial charge is 0.152 e. The Morgan fingerprint density at radius 1 is 1.10 bits per heavy atom. The number of hydrogen-bond acceptors (Lipinski definition) is 3. The van der Waals surface area contributed by atoms with Crippen molar-refractivity contribution in [3.05, 3.63) is 0 Å². The number of likely N-dealkylation sites (tertiary alicyclic amines) is 1. The third kappa shape index (κ3) is 11.7. The Balaban J connectivity index is 0. The van der Waals surface area contributed by atoms with Crippen molar-refractivity contribution in [2.75, 3.05) is 39.3 Å². The Kier molecular flexibility index (Phi) is 19.5. The molecule has 0 aliphatic carbocycles. The molecule has 1 fully saturated rings. The van der Waals surface area contributed by atoms with Crippen LogP contribution >= 0.6 is 37.2 Å². The van der Waals surface area contributed by atoms with Crippen molar-refractivity contribution in [3.63, 3.8) is 0 Å². The maximum atomic E-state index is 9.47. The van der Waals surface area contributed by atoms with Crippen molar-refractivity contribution in [3.8, 4) is 0 Å². The van der Waals surface area contributed by atoms with Crippen LogP contribution in [0.2, 0.25) is 0 Å². The summed E-state index contributed by atoms with van der Waals surface area (Å²) in [7, 11) is 0. The molecule has 0 amide bonds. The van der Waals surface area contributed by atoms with Gasteiger partial charge in [0, 0.05) is 37.2 Å². The molecule has 0 unspecified atom stereocenters. The molecule has 1 aliphatic heterocycles. The number of rotatable bonds is 11. The largest absolute Gasteiger partial charge is 1.00 e. The van der Waals surface area contributed by atoms with E-state index in [4.69, 9.17) is 4.84 Å². The number of aliphatic hydroxyl groups excluding tert-OH is 1. The summed E-state index contributed by atoms with van der Waals surface area (Å²) in [5.74, 6) is 0. The van der Waals surface area contributed by atoms with Crippen LogP contribution in [-0.4, -0.2) is 55.0 Å². The highest BCUT2D eigenvalue weighted by Gasteiger charge is 2.41. The molecule has 0 saturated carbocycles. The van der Waals surface area contributed by atoms with Crippen molar-refractivity contribution in [2.24, 2.45) is 0 Å². The molecule has 4 nitrogen and oxygen atoms in total. The topological polar surface area (TPSA) is 41.5 Å². The fraction of sp³-hybridized carbons (Fsp3) is 1.00. The van der Waals surface area contributed by atoms with E-state index in [9.17, 15) is 5.11 Å². The Morgan fingerprint density at radius 2 is 1.76 bits per heavy atom. The SMILES string of the molecule is CCCCCCONCC[N+]1(CCC)CC(O)C1.II.[Cl-]. The van der Waals surface area contributed by atoms with Crippen LogP contribution in [0.4, 0.5) is 0 Å². The van der Waals surface area contributed by atoms with Gasteiger partial charge in [-0.1, -0.05) is 33.1 Å².